The Morgan fingerprint density at radius 1 is 1.08 bits per heavy atom. The zero-order valence-corrected chi connectivity index (χ0v) is 15.0. The zero-order chi connectivity index (χ0) is 16.3. The first kappa shape index (κ1) is 18.7. The first-order chi connectivity index (χ1) is 11.1. The molecule has 6 heteroatoms. The van der Waals surface area contributed by atoms with E-state index in [-0.39, 0.29) is 24.2 Å². The van der Waals surface area contributed by atoms with Crippen molar-refractivity contribution in [3.8, 4) is 0 Å². The average Bonchev–Trinajstić information content (AvgIpc) is 3.10. The number of nitrogens with one attached hydrogen (secondary N) is 2. The van der Waals surface area contributed by atoms with E-state index in [1.165, 1.54) is 0 Å². The van der Waals surface area contributed by atoms with Gasteiger partial charge in [0.2, 0.25) is 5.91 Å². The number of hydrogen-bond donors (Lipinski definition) is 2. The molecule has 2 saturated heterocycles. The Kier molecular flexibility index (Phi) is 6.24. The largest absolute Gasteiger partial charge is 0.339 e. The summed E-state index contributed by atoms with van der Waals surface area (Å²) in [6.45, 7) is 4.53. The third kappa shape index (κ3) is 4.08. The SMILES string of the molecule is CC1(C(=O)Nc2ccc(C(=O)N3CCCC3)cc2)CCCCN1.Cl. The van der Waals surface area contributed by atoms with Crippen molar-refractivity contribution in [2.45, 2.75) is 44.6 Å². The molecule has 0 radical (unpaired) electrons. The lowest BCUT2D eigenvalue weighted by molar-refractivity contribution is -0.122. The minimum Gasteiger partial charge on any atom is -0.339 e. The van der Waals surface area contributed by atoms with Gasteiger partial charge in [0.1, 0.15) is 0 Å². The summed E-state index contributed by atoms with van der Waals surface area (Å²) in [7, 11) is 0. The summed E-state index contributed by atoms with van der Waals surface area (Å²) in [5.74, 6) is 0.0807. The number of amides is 2. The van der Waals surface area contributed by atoms with E-state index in [0.717, 1.165) is 57.4 Å². The molecule has 0 spiro atoms. The van der Waals surface area contributed by atoms with Gasteiger partial charge in [0.15, 0.2) is 0 Å². The van der Waals surface area contributed by atoms with E-state index in [2.05, 4.69) is 10.6 Å². The summed E-state index contributed by atoms with van der Waals surface area (Å²) < 4.78 is 0. The van der Waals surface area contributed by atoms with Crippen LogP contribution in [0.1, 0.15) is 49.4 Å². The average molecular weight is 352 g/mol. The van der Waals surface area contributed by atoms with Crippen LogP contribution in [-0.4, -0.2) is 41.9 Å². The van der Waals surface area contributed by atoms with Crippen molar-refractivity contribution in [2.75, 3.05) is 25.0 Å². The summed E-state index contributed by atoms with van der Waals surface area (Å²) in [5, 5.41) is 6.27. The fourth-order valence-corrected chi connectivity index (χ4v) is 3.32. The number of hydrogen-bond acceptors (Lipinski definition) is 3. The molecule has 1 atom stereocenters. The molecule has 2 heterocycles. The number of likely N-dealkylation sites (tertiary alicyclic amines) is 1. The molecule has 24 heavy (non-hydrogen) atoms. The highest BCUT2D eigenvalue weighted by Crippen LogP contribution is 2.21. The number of carbonyl (C=O) groups excluding carboxylic acids is 2. The smallest absolute Gasteiger partial charge is 0.253 e. The predicted octanol–water partition coefficient (Wildman–Crippen LogP) is 2.82. The van der Waals surface area contributed by atoms with Crippen LogP contribution in [0.15, 0.2) is 24.3 Å². The predicted molar refractivity (Wildman–Crippen MR) is 97.7 cm³/mol. The monoisotopic (exact) mass is 351 g/mol. The summed E-state index contributed by atoms with van der Waals surface area (Å²) in [6.07, 6.45) is 5.22. The highest BCUT2D eigenvalue weighted by molar-refractivity contribution is 5.99. The van der Waals surface area contributed by atoms with Crippen molar-refractivity contribution >= 4 is 29.9 Å². The molecule has 1 aromatic rings. The maximum atomic E-state index is 12.5. The molecule has 2 fully saturated rings. The molecule has 2 N–H and O–H groups in total. The van der Waals surface area contributed by atoms with Crippen LogP contribution in [0.5, 0.6) is 0 Å². The number of nitrogens with zero attached hydrogens (tertiary/aromatic N) is 1. The summed E-state index contributed by atoms with van der Waals surface area (Å²) in [4.78, 5) is 26.7. The topological polar surface area (TPSA) is 61.4 Å². The molecule has 0 bridgehead atoms. The van der Waals surface area contributed by atoms with Crippen molar-refractivity contribution in [2.24, 2.45) is 0 Å². The molecule has 3 rings (SSSR count). The first-order valence-corrected chi connectivity index (χ1v) is 8.54. The lowest BCUT2D eigenvalue weighted by atomic mass is 9.90. The summed E-state index contributed by atoms with van der Waals surface area (Å²) in [6, 6.07) is 7.22. The van der Waals surface area contributed by atoms with Crippen molar-refractivity contribution in [1.29, 1.82) is 0 Å². The molecule has 132 valence electrons. The summed E-state index contributed by atoms with van der Waals surface area (Å²) >= 11 is 0. The number of piperidine rings is 1. The molecule has 2 aliphatic rings. The van der Waals surface area contributed by atoms with Gasteiger partial charge in [-0.25, -0.2) is 0 Å². The van der Waals surface area contributed by atoms with E-state index in [4.69, 9.17) is 0 Å². The van der Waals surface area contributed by atoms with Crippen LogP contribution in [0.4, 0.5) is 5.69 Å². The van der Waals surface area contributed by atoms with Crippen LogP contribution in [0.2, 0.25) is 0 Å². The fraction of sp³-hybridized carbons (Fsp3) is 0.556. The third-order valence-corrected chi connectivity index (χ3v) is 4.90. The number of halogens is 1. The molecule has 5 nitrogen and oxygen atoms in total. The number of anilines is 1. The minimum atomic E-state index is -0.498. The van der Waals surface area contributed by atoms with E-state index in [9.17, 15) is 9.59 Å². The maximum Gasteiger partial charge on any atom is 0.253 e. The van der Waals surface area contributed by atoms with Crippen LogP contribution < -0.4 is 10.6 Å². The Labute approximate surface area is 149 Å². The number of carbonyl (C=O) groups is 2. The molecule has 2 amide bonds. The van der Waals surface area contributed by atoms with E-state index >= 15 is 0 Å². The third-order valence-electron chi connectivity index (χ3n) is 4.90. The van der Waals surface area contributed by atoms with Gasteiger partial charge in [-0.2, -0.15) is 0 Å². The molecule has 2 aliphatic heterocycles. The molecule has 1 unspecified atom stereocenters. The Balaban J connectivity index is 0.00000208. The molecule has 0 saturated carbocycles. The molecule has 0 aliphatic carbocycles. The highest BCUT2D eigenvalue weighted by atomic mass is 35.5. The first-order valence-electron chi connectivity index (χ1n) is 8.54. The van der Waals surface area contributed by atoms with Crippen LogP contribution in [0.3, 0.4) is 0 Å². The zero-order valence-electron chi connectivity index (χ0n) is 14.1. The molecule has 1 aromatic carbocycles. The van der Waals surface area contributed by atoms with Gasteiger partial charge in [-0.3, -0.25) is 9.59 Å². The van der Waals surface area contributed by atoms with Gasteiger partial charge in [0, 0.05) is 24.3 Å². The molecular weight excluding hydrogens is 326 g/mol. The van der Waals surface area contributed by atoms with E-state index in [1.54, 1.807) is 12.1 Å². The Hall–Kier alpha value is -1.59. The van der Waals surface area contributed by atoms with Crippen LogP contribution in [0, 0.1) is 0 Å². The Morgan fingerprint density at radius 3 is 2.33 bits per heavy atom. The normalized spacial score (nSPS) is 23.5. The van der Waals surface area contributed by atoms with Gasteiger partial charge in [-0.15, -0.1) is 12.4 Å². The van der Waals surface area contributed by atoms with Crippen LogP contribution in [-0.2, 0) is 4.79 Å². The highest BCUT2D eigenvalue weighted by Gasteiger charge is 2.34. The number of rotatable bonds is 3. The van der Waals surface area contributed by atoms with Gasteiger partial charge in [0.05, 0.1) is 5.54 Å². The van der Waals surface area contributed by atoms with Crippen LogP contribution in [0.25, 0.3) is 0 Å². The van der Waals surface area contributed by atoms with E-state index < -0.39 is 5.54 Å². The van der Waals surface area contributed by atoms with Crippen molar-refractivity contribution in [1.82, 2.24) is 10.2 Å². The summed E-state index contributed by atoms with van der Waals surface area (Å²) in [5.41, 5.74) is 0.927. The van der Waals surface area contributed by atoms with Gasteiger partial charge in [-0.05, 0) is 69.8 Å². The van der Waals surface area contributed by atoms with E-state index in [1.807, 2.05) is 24.0 Å². The van der Waals surface area contributed by atoms with Crippen molar-refractivity contribution in [3.05, 3.63) is 29.8 Å². The molecular formula is C18H26ClN3O2. The minimum absolute atomic E-state index is 0. The van der Waals surface area contributed by atoms with E-state index in [0.29, 0.717) is 5.56 Å². The van der Waals surface area contributed by atoms with Gasteiger partial charge in [0.25, 0.3) is 5.91 Å². The Morgan fingerprint density at radius 2 is 1.75 bits per heavy atom. The second-order valence-corrected chi connectivity index (χ2v) is 6.75. The lowest BCUT2D eigenvalue weighted by Crippen LogP contribution is -2.54. The van der Waals surface area contributed by atoms with Gasteiger partial charge >= 0.3 is 0 Å². The second-order valence-electron chi connectivity index (χ2n) is 6.75. The van der Waals surface area contributed by atoms with Gasteiger partial charge in [-0.1, -0.05) is 0 Å². The van der Waals surface area contributed by atoms with Crippen molar-refractivity contribution < 1.29 is 9.59 Å². The number of benzene rings is 1. The fourth-order valence-electron chi connectivity index (χ4n) is 3.32. The van der Waals surface area contributed by atoms with Gasteiger partial charge < -0.3 is 15.5 Å². The Bertz CT molecular complexity index is 576. The van der Waals surface area contributed by atoms with Crippen molar-refractivity contribution in [3.63, 3.8) is 0 Å². The van der Waals surface area contributed by atoms with Crippen LogP contribution >= 0.6 is 12.4 Å². The quantitative estimate of drug-likeness (QED) is 0.880. The second kappa shape index (κ2) is 7.99. The standard InChI is InChI=1S/C18H25N3O2.ClH/c1-18(10-2-3-11-19-18)17(23)20-15-8-6-14(7-9-15)16(22)21-12-4-5-13-21;/h6-9,19H,2-5,10-13H2,1H3,(H,20,23);1H. The lowest BCUT2D eigenvalue weighted by Gasteiger charge is -2.33. The molecule has 0 aromatic heterocycles. The maximum absolute atomic E-state index is 12.5.